The van der Waals surface area contributed by atoms with Gasteiger partial charge in [0.2, 0.25) is 5.89 Å². The third kappa shape index (κ3) is 3.89. The van der Waals surface area contributed by atoms with Crippen LogP contribution in [0.3, 0.4) is 0 Å². The molecule has 0 spiro atoms. The molecule has 9 aromatic carbocycles. The first kappa shape index (κ1) is 26.0. The molecule has 10 rings (SSSR count). The summed E-state index contributed by atoms with van der Waals surface area (Å²) >= 11 is 0. The summed E-state index contributed by atoms with van der Waals surface area (Å²) in [6.45, 7) is 0. The van der Waals surface area contributed by atoms with Gasteiger partial charge < -0.3 is 4.42 Å². The van der Waals surface area contributed by atoms with E-state index in [0.29, 0.717) is 5.89 Å². The summed E-state index contributed by atoms with van der Waals surface area (Å²) < 4.78 is 6.65. The molecule has 1 aromatic heterocycles. The molecule has 1 heterocycles. The Morgan fingerprint density at radius 2 is 0.915 bits per heavy atom. The van der Waals surface area contributed by atoms with Crippen LogP contribution in [0.1, 0.15) is 0 Å². The highest BCUT2D eigenvalue weighted by Gasteiger charge is 2.22. The number of nitrogens with zero attached hydrogens (tertiary/aromatic N) is 1. The second-order valence-corrected chi connectivity index (χ2v) is 12.2. The van der Waals surface area contributed by atoms with Gasteiger partial charge in [0.1, 0.15) is 5.52 Å². The maximum atomic E-state index is 6.65. The zero-order valence-electron chi connectivity index (χ0n) is 25.4. The van der Waals surface area contributed by atoms with Crippen LogP contribution in [0.2, 0.25) is 0 Å². The summed E-state index contributed by atoms with van der Waals surface area (Å²) in [5.74, 6) is 0.632. The molecule has 218 valence electrons. The van der Waals surface area contributed by atoms with Gasteiger partial charge in [-0.3, -0.25) is 0 Å². The monoisotopic (exact) mass is 597 g/mol. The molecule has 0 N–H and O–H groups in total. The number of aromatic nitrogens is 1. The number of benzene rings is 9. The number of hydrogen-bond donors (Lipinski definition) is 0. The Morgan fingerprint density at radius 3 is 1.60 bits per heavy atom. The summed E-state index contributed by atoms with van der Waals surface area (Å²) in [6, 6.07) is 58.6. The van der Waals surface area contributed by atoms with Crippen molar-refractivity contribution in [3.8, 4) is 33.7 Å². The standard InChI is InChI=1S/C45H27NO/c1-2-15-30(16-3-1)45-46-40-27-39(38-26-25-29-14-5-7-19-32(29)43(38)44(40)47-45)42-36-22-10-8-20-34(36)41(35-21-9-11-23-37(35)42)33-24-12-17-28-13-4-6-18-31(28)33/h1-27H. The first-order chi connectivity index (χ1) is 23.3. The Morgan fingerprint density at radius 1 is 0.383 bits per heavy atom. The molecule has 10 aromatic rings. The smallest absolute Gasteiger partial charge is 0.227 e. The minimum absolute atomic E-state index is 0.632. The lowest BCUT2D eigenvalue weighted by Gasteiger charge is -2.20. The Hall–Kier alpha value is -6.25. The lowest BCUT2D eigenvalue weighted by molar-refractivity contribution is 0.623. The molecule has 2 heteroatoms. The van der Waals surface area contributed by atoms with Crippen LogP contribution in [0.15, 0.2) is 168 Å². The normalized spacial score (nSPS) is 11.8. The molecule has 0 aliphatic heterocycles. The fourth-order valence-corrected chi connectivity index (χ4v) is 7.63. The van der Waals surface area contributed by atoms with Gasteiger partial charge >= 0.3 is 0 Å². The van der Waals surface area contributed by atoms with E-state index in [2.05, 4.69) is 146 Å². The van der Waals surface area contributed by atoms with Crippen LogP contribution >= 0.6 is 0 Å². The van der Waals surface area contributed by atoms with Crippen LogP contribution < -0.4 is 0 Å². The molecule has 0 amide bonds. The van der Waals surface area contributed by atoms with Gasteiger partial charge in [-0.15, -0.1) is 0 Å². The van der Waals surface area contributed by atoms with E-state index in [4.69, 9.17) is 9.40 Å². The molecule has 47 heavy (non-hydrogen) atoms. The van der Waals surface area contributed by atoms with Gasteiger partial charge in [-0.05, 0) is 88.9 Å². The zero-order chi connectivity index (χ0) is 30.9. The maximum absolute atomic E-state index is 6.65. The largest absolute Gasteiger partial charge is 0.435 e. The molecule has 0 saturated heterocycles. The van der Waals surface area contributed by atoms with Crippen LogP contribution in [-0.4, -0.2) is 4.98 Å². The van der Waals surface area contributed by atoms with Crippen molar-refractivity contribution < 1.29 is 4.42 Å². The Kier molecular flexibility index (Phi) is 5.61. The molecule has 0 radical (unpaired) electrons. The Labute approximate surface area is 271 Å². The summed E-state index contributed by atoms with van der Waals surface area (Å²) in [7, 11) is 0. The molecular formula is C45H27NO. The highest BCUT2D eigenvalue weighted by atomic mass is 16.3. The number of oxazole rings is 1. The van der Waals surface area contributed by atoms with Gasteiger partial charge in [-0.25, -0.2) is 4.98 Å². The first-order valence-corrected chi connectivity index (χ1v) is 16.1. The van der Waals surface area contributed by atoms with Gasteiger partial charge in [0, 0.05) is 10.9 Å². The van der Waals surface area contributed by atoms with Crippen LogP contribution in [0, 0.1) is 0 Å². The Bertz CT molecular complexity index is 2780. The van der Waals surface area contributed by atoms with E-state index in [9.17, 15) is 0 Å². The van der Waals surface area contributed by atoms with Crippen molar-refractivity contribution in [2.75, 3.05) is 0 Å². The number of hydrogen-bond acceptors (Lipinski definition) is 2. The molecule has 0 saturated carbocycles. The molecule has 0 fully saturated rings. The van der Waals surface area contributed by atoms with E-state index in [1.165, 1.54) is 54.4 Å². The van der Waals surface area contributed by atoms with Crippen molar-refractivity contribution >= 4 is 65.0 Å². The fourth-order valence-electron chi connectivity index (χ4n) is 7.63. The van der Waals surface area contributed by atoms with Crippen LogP contribution in [-0.2, 0) is 0 Å². The molecule has 0 bridgehead atoms. The van der Waals surface area contributed by atoms with Crippen LogP contribution in [0.25, 0.3) is 98.7 Å². The minimum Gasteiger partial charge on any atom is -0.435 e. The van der Waals surface area contributed by atoms with Crippen molar-refractivity contribution in [2.45, 2.75) is 0 Å². The average Bonchev–Trinajstić information content (AvgIpc) is 3.58. The first-order valence-electron chi connectivity index (χ1n) is 16.1. The van der Waals surface area contributed by atoms with Crippen molar-refractivity contribution in [1.82, 2.24) is 4.98 Å². The molecule has 2 nitrogen and oxygen atoms in total. The predicted molar refractivity (Wildman–Crippen MR) is 198 cm³/mol. The molecule has 0 aliphatic rings. The van der Waals surface area contributed by atoms with Gasteiger partial charge in [-0.1, -0.05) is 146 Å². The third-order valence-corrected chi connectivity index (χ3v) is 9.66. The van der Waals surface area contributed by atoms with E-state index in [-0.39, 0.29) is 0 Å². The summed E-state index contributed by atoms with van der Waals surface area (Å²) in [5, 5.41) is 12.0. The van der Waals surface area contributed by atoms with Crippen LogP contribution in [0.5, 0.6) is 0 Å². The molecule has 0 atom stereocenters. The zero-order valence-corrected chi connectivity index (χ0v) is 25.4. The highest BCUT2D eigenvalue weighted by Crippen LogP contribution is 2.48. The summed E-state index contributed by atoms with van der Waals surface area (Å²) in [4.78, 5) is 5.12. The second-order valence-electron chi connectivity index (χ2n) is 12.2. The van der Waals surface area contributed by atoms with E-state index < -0.39 is 0 Å². The summed E-state index contributed by atoms with van der Waals surface area (Å²) in [6.07, 6.45) is 0. The van der Waals surface area contributed by atoms with Crippen molar-refractivity contribution in [2.24, 2.45) is 0 Å². The number of rotatable bonds is 3. The average molecular weight is 598 g/mol. The summed E-state index contributed by atoms with van der Waals surface area (Å²) in [5.41, 5.74) is 7.52. The number of fused-ring (bicyclic) bond motifs is 8. The molecular weight excluding hydrogens is 571 g/mol. The maximum Gasteiger partial charge on any atom is 0.227 e. The predicted octanol–water partition coefficient (Wildman–Crippen LogP) is 12.6. The fraction of sp³-hybridized carbons (Fsp3) is 0. The molecule has 0 unspecified atom stereocenters. The van der Waals surface area contributed by atoms with E-state index >= 15 is 0 Å². The highest BCUT2D eigenvalue weighted by molar-refractivity contribution is 6.29. The quantitative estimate of drug-likeness (QED) is 0.150. The van der Waals surface area contributed by atoms with Crippen molar-refractivity contribution in [3.63, 3.8) is 0 Å². The minimum atomic E-state index is 0.632. The van der Waals surface area contributed by atoms with Crippen molar-refractivity contribution in [3.05, 3.63) is 164 Å². The van der Waals surface area contributed by atoms with Crippen molar-refractivity contribution in [1.29, 1.82) is 0 Å². The lowest BCUT2D eigenvalue weighted by atomic mass is 9.83. The van der Waals surface area contributed by atoms with E-state index in [0.717, 1.165) is 38.4 Å². The SMILES string of the molecule is c1ccc(-c2nc3cc(-c4c5ccccc5c(-c5cccc6ccccc56)c5ccccc45)c4ccc5ccccc5c4c3o2)cc1. The van der Waals surface area contributed by atoms with Gasteiger partial charge in [0.05, 0.1) is 0 Å². The third-order valence-electron chi connectivity index (χ3n) is 9.66. The van der Waals surface area contributed by atoms with E-state index in [1.54, 1.807) is 0 Å². The van der Waals surface area contributed by atoms with Crippen LogP contribution in [0.4, 0.5) is 0 Å². The second kappa shape index (κ2) is 10.1. The molecule has 0 aliphatic carbocycles. The topological polar surface area (TPSA) is 26.0 Å². The van der Waals surface area contributed by atoms with Gasteiger partial charge in [-0.2, -0.15) is 0 Å². The lowest BCUT2D eigenvalue weighted by Crippen LogP contribution is -1.93. The Balaban J connectivity index is 1.38. The van der Waals surface area contributed by atoms with Gasteiger partial charge in [0.15, 0.2) is 5.58 Å². The van der Waals surface area contributed by atoms with Gasteiger partial charge in [0.25, 0.3) is 0 Å². The van der Waals surface area contributed by atoms with E-state index in [1.807, 2.05) is 18.2 Å².